The lowest BCUT2D eigenvalue weighted by Gasteiger charge is -2.16. The number of nitrogens with one attached hydrogen (secondary N) is 1. The summed E-state index contributed by atoms with van der Waals surface area (Å²) in [5.74, 6) is -0.266. The highest BCUT2D eigenvalue weighted by molar-refractivity contribution is 7.17. The van der Waals surface area contributed by atoms with Crippen LogP contribution in [0, 0.1) is 0 Å². The Morgan fingerprint density at radius 1 is 1.10 bits per heavy atom. The fourth-order valence-electron chi connectivity index (χ4n) is 4.15. The molecule has 2 aromatic heterocycles. The van der Waals surface area contributed by atoms with Crippen LogP contribution in [0.3, 0.4) is 0 Å². The van der Waals surface area contributed by atoms with Crippen LogP contribution in [0.4, 0.5) is 0 Å². The van der Waals surface area contributed by atoms with Crippen LogP contribution < -0.4 is 16.6 Å². The summed E-state index contributed by atoms with van der Waals surface area (Å²) < 4.78 is 2.87. The fourth-order valence-corrected chi connectivity index (χ4v) is 5.10. The Kier molecular flexibility index (Phi) is 5.00. The van der Waals surface area contributed by atoms with Crippen molar-refractivity contribution >= 4 is 39.1 Å². The first-order chi connectivity index (χ1) is 15.0. The molecule has 0 radical (unpaired) electrons. The predicted molar refractivity (Wildman–Crippen MR) is 122 cm³/mol. The Labute approximate surface area is 186 Å². The molecule has 0 bridgehead atoms. The molecule has 156 valence electrons. The minimum atomic E-state index is -0.555. The van der Waals surface area contributed by atoms with E-state index in [0.29, 0.717) is 20.9 Å². The minimum absolute atomic E-state index is 0.0699. The van der Waals surface area contributed by atoms with E-state index in [2.05, 4.69) is 11.4 Å². The first kappa shape index (κ1) is 19.8. The van der Waals surface area contributed by atoms with Crippen LogP contribution in [0.15, 0.2) is 69.6 Å². The highest BCUT2D eigenvalue weighted by Crippen LogP contribution is 2.30. The van der Waals surface area contributed by atoms with Crippen LogP contribution in [0.1, 0.15) is 23.6 Å². The molecule has 8 heteroatoms. The molecular weight excluding hydrogens is 434 g/mol. The quantitative estimate of drug-likeness (QED) is 0.514. The highest BCUT2D eigenvalue weighted by Gasteiger charge is 2.24. The second-order valence-corrected chi connectivity index (χ2v) is 8.83. The molecule has 1 N–H and O–H groups in total. The molecule has 6 nitrogen and oxygen atoms in total. The number of nitrogens with zero attached hydrogens (tertiary/aromatic N) is 2. The van der Waals surface area contributed by atoms with Gasteiger partial charge >= 0.3 is 5.69 Å². The molecule has 0 saturated carbocycles. The molecule has 1 aliphatic rings. The molecule has 2 aromatic carbocycles. The maximum atomic E-state index is 13.3. The number of carbonyl (C=O) groups is 1. The average Bonchev–Trinajstić information content (AvgIpc) is 3.41. The third kappa shape index (κ3) is 3.49. The van der Waals surface area contributed by atoms with Gasteiger partial charge in [0.25, 0.3) is 5.56 Å². The predicted octanol–water partition coefficient (Wildman–Crippen LogP) is 3.67. The van der Waals surface area contributed by atoms with E-state index in [9.17, 15) is 14.4 Å². The summed E-state index contributed by atoms with van der Waals surface area (Å²) in [7, 11) is 0. The molecule has 1 amide bonds. The Morgan fingerprint density at radius 2 is 1.87 bits per heavy atom. The lowest BCUT2D eigenvalue weighted by molar-refractivity contribution is -0.122. The molecule has 31 heavy (non-hydrogen) atoms. The Balaban J connectivity index is 1.52. The number of hydrogen-bond acceptors (Lipinski definition) is 4. The Morgan fingerprint density at radius 3 is 2.68 bits per heavy atom. The van der Waals surface area contributed by atoms with Gasteiger partial charge in [0.1, 0.15) is 11.2 Å². The molecule has 0 saturated heterocycles. The number of hydrogen-bond donors (Lipinski definition) is 1. The Hall–Kier alpha value is -3.16. The van der Waals surface area contributed by atoms with Gasteiger partial charge in [0.2, 0.25) is 5.91 Å². The summed E-state index contributed by atoms with van der Waals surface area (Å²) in [6.45, 7) is -0.168. The third-order valence-corrected chi connectivity index (χ3v) is 6.75. The number of rotatable bonds is 4. The summed E-state index contributed by atoms with van der Waals surface area (Å²) in [6.07, 6.45) is 1.75. The molecule has 2 heterocycles. The van der Waals surface area contributed by atoms with E-state index in [1.807, 2.05) is 18.2 Å². The Bertz CT molecular complexity index is 1420. The van der Waals surface area contributed by atoms with Crippen molar-refractivity contribution in [3.8, 4) is 5.69 Å². The van der Waals surface area contributed by atoms with Gasteiger partial charge in [-0.2, -0.15) is 0 Å². The zero-order chi connectivity index (χ0) is 21.5. The average molecular weight is 452 g/mol. The van der Waals surface area contributed by atoms with Crippen molar-refractivity contribution in [2.75, 3.05) is 0 Å². The molecule has 0 spiro atoms. The van der Waals surface area contributed by atoms with E-state index in [1.54, 1.807) is 35.7 Å². The van der Waals surface area contributed by atoms with E-state index < -0.39 is 11.2 Å². The van der Waals surface area contributed by atoms with Gasteiger partial charge in [0, 0.05) is 5.02 Å². The van der Waals surface area contributed by atoms with E-state index >= 15 is 0 Å². The van der Waals surface area contributed by atoms with Gasteiger partial charge in [-0.1, -0.05) is 35.9 Å². The maximum absolute atomic E-state index is 13.3. The van der Waals surface area contributed by atoms with Gasteiger partial charge in [-0.25, -0.2) is 9.36 Å². The van der Waals surface area contributed by atoms with Gasteiger partial charge in [0.15, 0.2) is 0 Å². The smallest absolute Gasteiger partial charge is 0.336 e. The molecule has 5 rings (SSSR count). The topological polar surface area (TPSA) is 73.1 Å². The normalized spacial score (nSPS) is 15.2. The number of fused-ring (bicyclic) bond motifs is 2. The van der Waals surface area contributed by atoms with Crippen LogP contribution in [0.5, 0.6) is 0 Å². The van der Waals surface area contributed by atoms with E-state index in [-0.39, 0.29) is 18.5 Å². The molecular formula is C23H18ClN3O3S. The van der Waals surface area contributed by atoms with E-state index in [0.717, 1.165) is 23.0 Å². The largest absolute Gasteiger partial charge is 0.348 e. The lowest BCUT2D eigenvalue weighted by Crippen LogP contribution is -2.41. The van der Waals surface area contributed by atoms with Crippen molar-refractivity contribution in [1.29, 1.82) is 0 Å². The molecule has 1 aliphatic carbocycles. The molecule has 0 aliphatic heterocycles. The van der Waals surface area contributed by atoms with Crippen molar-refractivity contribution in [3.63, 3.8) is 0 Å². The zero-order valence-electron chi connectivity index (χ0n) is 16.4. The first-order valence-electron chi connectivity index (χ1n) is 9.89. The number of aryl methyl sites for hydroxylation is 1. The number of carbonyl (C=O) groups excluding carboxylic acids is 1. The second kappa shape index (κ2) is 7.83. The third-order valence-electron chi connectivity index (χ3n) is 5.61. The number of thiophene rings is 1. The highest BCUT2D eigenvalue weighted by atomic mass is 35.5. The van der Waals surface area contributed by atoms with Crippen molar-refractivity contribution < 1.29 is 4.79 Å². The van der Waals surface area contributed by atoms with Crippen LogP contribution in [-0.2, 0) is 17.8 Å². The first-order valence-corrected chi connectivity index (χ1v) is 11.1. The summed E-state index contributed by atoms with van der Waals surface area (Å²) >= 11 is 7.20. The summed E-state index contributed by atoms with van der Waals surface area (Å²) in [5, 5.41) is 5.30. The molecule has 4 aromatic rings. The zero-order valence-corrected chi connectivity index (χ0v) is 17.9. The van der Waals surface area contributed by atoms with Gasteiger partial charge in [-0.15, -0.1) is 11.3 Å². The van der Waals surface area contributed by atoms with Crippen molar-refractivity contribution in [3.05, 3.63) is 97.0 Å². The number of halogens is 1. The van der Waals surface area contributed by atoms with Crippen molar-refractivity contribution in [1.82, 2.24) is 14.5 Å². The summed E-state index contributed by atoms with van der Waals surface area (Å²) in [4.78, 5) is 39.2. The van der Waals surface area contributed by atoms with Crippen LogP contribution >= 0.6 is 22.9 Å². The van der Waals surface area contributed by atoms with Crippen molar-refractivity contribution in [2.45, 2.75) is 25.4 Å². The van der Waals surface area contributed by atoms with Gasteiger partial charge in [-0.3, -0.25) is 14.2 Å². The van der Waals surface area contributed by atoms with Crippen LogP contribution in [0.2, 0.25) is 5.02 Å². The SMILES string of the molecule is O=C(Cn1c(=O)n(-c2ccc(Cl)cc2)c(=O)c2sccc21)N[C@H]1CCc2ccccc21. The molecule has 0 fully saturated rings. The number of amides is 1. The fraction of sp³-hybridized carbons (Fsp3) is 0.174. The van der Waals surface area contributed by atoms with Gasteiger partial charge < -0.3 is 5.32 Å². The second-order valence-electron chi connectivity index (χ2n) is 7.48. The lowest BCUT2D eigenvalue weighted by atomic mass is 10.1. The number of benzene rings is 2. The maximum Gasteiger partial charge on any atom is 0.336 e. The van der Waals surface area contributed by atoms with Crippen LogP contribution in [-0.4, -0.2) is 15.0 Å². The minimum Gasteiger partial charge on any atom is -0.348 e. The van der Waals surface area contributed by atoms with E-state index in [1.165, 1.54) is 21.5 Å². The molecule has 0 unspecified atom stereocenters. The molecule has 1 atom stereocenters. The monoisotopic (exact) mass is 451 g/mol. The van der Waals surface area contributed by atoms with Crippen LogP contribution in [0.25, 0.3) is 15.9 Å². The number of aromatic nitrogens is 2. The van der Waals surface area contributed by atoms with Crippen molar-refractivity contribution in [2.24, 2.45) is 0 Å². The van der Waals surface area contributed by atoms with E-state index in [4.69, 9.17) is 11.6 Å². The van der Waals surface area contributed by atoms with Gasteiger partial charge in [-0.05, 0) is 59.7 Å². The summed E-state index contributed by atoms with van der Waals surface area (Å²) in [6, 6.07) is 16.2. The summed E-state index contributed by atoms with van der Waals surface area (Å²) in [5.41, 5.74) is 2.27. The standard InChI is InChI=1S/C23H18ClN3O3S/c24-15-6-8-16(9-7-15)27-22(29)21-19(11-12-31-21)26(23(27)30)13-20(28)25-18-10-5-14-3-1-2-4-17(14)18/h1-4,6-9,11-12,18H,5,10,13H2,(H,25,28)/t18-/m0/s1. The van der Waals surface area contributed by atoms with Gasteiger partial charge in [0.05, 0.1) is 17.2 Å².